The molecule has 2 aromatic carbocycles. The fraction of sp³-hybridized carbons (Fsp3) is 0.0625. The zero-order chi connectivity index (χ0) is 14.1. The summed E-state index contributed by atoms with van der Waals surface area (Å²) < 4.78 is 1.20. The van der Waals surface area contributed by atoms with Crippen LogP contribution in [-0.2, 0) is 0 Å². The molecule has 0 atom stereocenters. The van der Waals surface area contributed by atoms with Gasteiger partial charge in [0.2, 0.25) is 0 Å². The van der Waals surface area contributed by atoms with E-state index in [0.29, 0.717) is 0 Å². The van der Waals surface area contributed by atoms with Gasteiger partial charge in [-0.3, -0.25) is 4.98 Å². The van der Waals surface area contributed by atoms with E-state index in [1.165, 1.54) is 3.57 Å². The molecule has 0 aliphatic heterocycles. The number of rotatable bonds is 2. The highest BCUT2D eigenvalue weighted by Gasteiger charge is 2.06. The average molecular weight is 375 g/mol. The third-order valence-corrected chi connectivity index (χ3v) is 3.85. The number of hydrogen-bond acceptors (Lipinski definition) is 3. The van der Waals surface area contributed by atoms with Crippen molar-refractivity contribution in [3.63, 3.8) is 0 Å². The molecule has 0 radical (unpaired) electrons. The number of nitrogens with one attached hydrogen (secondary N) is 1. The zero-order valence-electron chi connectivity index (χ0n) is 11.0. The van der Waals surface area contributed by atoms with Crippen LogP contribution >= 0.6 is 22.6 Å². The molecule has 1 aromatic heterocycles. The van der Waals surface area contributed by atoms with Crippen LogP contribution in [0.2, 0.25) is 0 Å². The number of aromatic nitrogens is 1. The largest absolute Gasteiger partial charge is 0.398 e. The Hall–Kier alpha value is -1.82. The number of benzene rings is 2. The summed E-state index contributed by atoms with van der Waals surface area (Å²) in [5, 5.41) is 5.53. The van der Waals surface area contributed by atoms with Crippen molar-refractivity contribution in [1.29, 1.82) is 0 Å². The first-order valence-corrected chi connectivity index (χ1v) is 7.39. The minimum Gasteiger partial charge on any atom is -0.398 e. The predicted molar refractivity (Wildman–Crippen MR) is 93.3 cm³/mol. The van der Waals surface area contributed by atoms with Crippen molar-refractivity contribution >= 4 is 50.4 Å². The minimum absolute atomic E-state index is 0.751. The molecule has 100 valence electrons. The van der Waals surface area contributed by atoms with Crippen LogP contribution in [0, 0.1) is 10.5 Å². The van der Waals surface area contributed by atoms with Crippen LogP contribution < -0.4 is 11.1 Å². The Morgan fingerprint density at radius 1 is 1.10 bits per heavy atom. The molecule has 20 heavy (non-hydrogen) atoms. The first-order chi connectivity index (χ1) is 9.63. The van der Waals surface area contributed by atoms with Gasteiger partial charge in [-0.05, 0) is 65.9 Å². The standard InChI is InChI=1S/C16H14IN3/c1-10-7-13-14(9-19-10)15(18)5-6-16(13)20-12-4-2-3-11(17)8-12/h2-9,20H,18H2,1H3. The summed E-state index contributed by atoms with van der Waals surface area (Å²) in [6.45, 7) is 1.98. The lowest BCUT2D eigenvalue weighted by Gasteiger charge is -2.12. The normalized spacial score (nSPS) is 10.7. The van der Waals surface area contributed by atoms with E-state index < -0.39 is 0 Å². The average Bonchev–Trinajstić information content (AvgIpc) is 2.42. The number of pyridine rings is 1. The molecular formula is C16H14IN3. The molecule has 1 heterocycles. The third-order valence-electron chi connectivity index (χ3n) is 3.18. The lowest BCUT2D eigenvalue weighted by Crippen LogP contribution is -1.96. The second-order valence-corrected chi connectivity index (χ2v) is 5.95. The highest BCUT2D eigenvalue weighted by atomic mass is 127. The van der Waals surface area contributed by atoms with Crippen molar-refractivity contribution in [2.75, 3.05) is 11.1 Å². The van der Waals surface area contributed by atoms with E-state index in [1.54, 1.807) is 0 Å². The van der Waals surface area contributed by atoms with E-state index in [9.17, 15) is 0 Å². The summed E-state index contributed by atoms with van der Waals surface area (Å²) in [4.78, 5) is 4.32. The predicted octanol–water partition coefficient (Wildman–Crippen LogP) is 4.47. The molecule has 0 aliphatic carbocycles. The molecule has 3 N–H and O–H groups in total. The van der Waals surface area contributed by atoms with Crippen molar-refractivity contribution in [3.8, 4) is 0 Å². The van der Waals surface area contributed by atoms with Crippen molar-refractivity contribution in [2.24, 2.45) is 0 Å². The Kier molecular flexibility index (Phi) is 3.48. The van der Waals surface area contributed by atoms with E-state index in [-0.39, 0.29) is 0 Å². The van der Waals surface area contributed by atoms with Crippen molar-refractivity contribution < 1.29 is 0 Å². The number of halogens is 1. The maximum Gasteiger partial charge on any atom is 0.0466 e. The maximum absolute atomic E-state index is 6.02. The van der Waals surface area contributed by atoms with E-state index >= 15 is 0 Å². The quantitative estimate of drug-likeness (QED) is 0.513. The van der Waals surface area contributed by atoms with Crippen LogP contribution in [0.25, 0.3) is 10.8 Å². The Morgan fingerprint density at radius 3 is 2.75 bits per heavy atom. The van der Waals surface area contributed by atoms with E-state index in [2.05, 4.69) is 57.2 Å². The molecule has 0 fully saturated rings. The van der Waals surface area contributed by atoms with E-state index in [1.807, 2.05) is 31.3 Å². The summed E-state index contributed by atoms with van der Waals surface area (Å²) in [6, 6.07) is 14.3. The molecule has 4 heteroatoms. The fourth-order valence-corrected chi connectivity index (χ4v) is 2.74. The zero-order valence-corrected chi connectivity index (χ0v) is 13.2. The van der Waals surface area contributed by atoms with Crippen molar-refractivity contribution in [2.45, 2.75) is 6.92 Å². The van der Waals surface area contributed by atoms with Gasteiger partial charge in [0.25, 0.3) is 0 Å². The molecule has 0 unspecified atom stereocenters. The number of nitrogens with zero attached hydrogens (tertiary/aromatic N) is 1. The SMILES string of the molecule is Cc1cc2c(Nc3cccc(I)c3)ccc(N)c2cn1. The van der Waals surface area contributed by atoms with Gasteiger partial charge in [-0.1, -0.05) is 6.07 Å². The van der Waals surface area contributed by atoms with Crippen LogP contribution in [0.3, 0.4) is 0 Å². The summed E-state index contributed by atoms with van der Waals surface area (Å²) in [7, 11) is 0. The topological polar surface area (TPSA) is 50.9 Å². The lowest BCUT2D eigenvalue weighted by atomic mass is 10.1. The van der Waals surface area contributed by atoms with Gasteiger partial charge in [0.05, 0.1) is 0 Å². The molecule has 3 rings (SSSR count). The summed E-state index contributed by atoms with van der Waals surface area (Å²) in [5.74, 6) is 0. The smallest absolute Gasteiger partial charge is 0.0466 e. The number of fused-ring (bicyclic) bond motifs is 1. The molecular weight excluding hydrogens is 361 g/mol. The lowest BCUT2D eigenvalue weighted by molar-refractivity contribution is 1.22. The van der Waals surface area contributed by atoms with Gasteiger partial charge in [0.1, 0.15) is 0 Å². The Bertz CT molecular complexity index is 784. The Labute approximate surface area is 131 Å². The first-order valence-electron chi connectivity index (χ1n) is 6.31. The summed E-state index contributed by atoms with van der Waals surface area (Å²) in [6.07, 6.45) is 1.83. The highest BCUT2D eigenvalue weighted by molar-refractivity contribution is 14.1. The van der Waals surface area contributed by atoms with Crippen LogP contribution in [0.5, 0.6) is 0 Å². The molecule has 0 amide bonds. The monoisotopic (exact) mass is 375 g/mol. The maximum atomic E-state index is 6.02. The summed E-state index contributed by atoms with van der Waals surface area (Å²) >= 11 is 2.31. The van der Waals surface area contributed by atoms with E-state index in [4.69, 9.17) is 5.73 Å². The number of aryl methyl sites for hydroxylation is 1. The first kappa shape index (κ1) is 13.2. The van der Waals surface area contributed by atoms with Gasteiger partial charge in [-0.15, -0.1) is 0 Å². The molecule has 0 saturated carbocycles. The molecule has 3 nitrogen and oxygen atoms in total. The second kappa shape index (κ2) is 5.28. The van der Waals surface area contributed by atoms with Crippen molar-refractivity contribution in [1.82, 2.24) is 4.98 Å². The minimum atomic E-state index is 0.751. The number of hydrogen-bond donors (Lipinski definition) is 2. The van der Waals surface area contributed by atoms with Crippen LogP contribution in [-0.4, -0.2) is 4.98 Å². The molecule has 0 saturated heterocycles. The Balaban J connectivity index is 2.12. The highest BCUT2D eigenvalue weighted by Crippen LogP contribution is 2.30. The van der Waals surface area contributed by atoms with E-state index in [0.717, 1.165) is 33.5 Å². The second-order valence-electron chi connectivity index (χ2n) is 4.71. The van der Waals surface area contributed by atoms with Gasteiger partial charge >= 0.3 is 0 Å². The van der Waals surface area contributed by atoms with Crippen LogP contribution in [0.15, 0.2) is 48.7 Å². The third kappa shape index (κ3) is 2.56. The molecule has 0 spiro atoms. The number of nitrogen functional groups attached to an aromatic ring is 1. The molecule has 0 bridgehead atoms. The van der Waals surface area contributed by atoms with Crippen LogP contribution in [0.1, 0.15) is 5.69 Å². The summed E-state index contributed by atoms with van der Waals surface area (Å²) in [5.41, 5.74) is 9.87. The Morgan fingerprint density at radius 2 is 1.95 bits per heavy atom. The van der Waals surface area contributed by atoms with Gasteiger partial charge < -0.3 is 11.1 Å². The van der Waals surface area contributed by atoms with Gasteiger partial charge in [-0.2, -0.15) is 0 Å². The fourth-order valence-electron chi connectivity index (χ4n) is 2.20. The number of nitrogens with two attached hydrogens (primary N) is 1. The van der Waals surface area contributed by atoms with Gasteiger partial charge in [0.15, 0.2) is 0 Å². The molecule has 0 aliphatic rings. The van der Waals surface area contributed by atoms with Gasteiger partial charge in [0, 0.05) is 43.3 Å². The number of anilines is 3. The van der Waals surface area contributed by atoms with Crippen molar-refractivity contribution in [3.05, 3.63) is 57.9 Å². The molecule has 3 aromatic rings. The van der Waals surface area contributed by atoms with Crippen LogP contribution in [0.4, 0.5) is 17.1 Å². The van der Waals surface area contributed by atoms with Gasteiger partial charge in [-0.25, -0.2) is 0 Å².